The van der Waals surface area contributed by atoms with Crippen LogP contribution in [0.25, 0.3) is 0 Å². The molecule has 1 fully saturated rings. The number of aliphatic hydroxyl groups excluding tert-OH is 1. The largest absolute Gasteiger partial charge is 0.384 e. The molecule has 1 unspecified atom stereocenters. The fraction of sp³-hybridized carbons (Fsp3) is 0.292. The number of carbonyl (C=O) groups excluding carboxylic acids is 2. The van der Waals surface area contributed by atoms with E-state index in [2.05, 4.69) is 25.9 Å². The molecule has 1 saturated carbocycles. The standard InChI is InChI=1S/C24H22N6O4/c1-12-8-16(27-17-9-18(26-11-25-17)28-21(32)13-6-7-13)23(34)30-19(12)22(33)29-24(30)10-14-4-2-3-5-15(14)20(24)31/h2-5,8-9,11,13,20,31H,6-7,10H2,1H3,(H,29,33)(H2,25,26,27,28,32)/t20-,24?/m0/s1. The highest BCUT2D eigenvalue weighted by molar-refractivity contribution is 5.97. The van der Waals surface area contributed by atoms with Crippen LogP contribution in [0, 0.1) is 12.8 Å². The zero-order chi connectivity index (χ0) is 23.6. The molecule has 3 aromatic rings. The summed E-state index contributed by atoms with van der Waals surface area (Å²) in [6.45, 7) is 1.74. The van der Waals surface area contributed by atoms with Crippen LogP contribution in [0.5, 0.6) is 0 Å². The summed E-state index contributed by atoms with van der Waals surface area (Å²) in [6, 6.07) is 10.5. The maximum Gasteiger partial charge on any atom is 0.276 e. The number of pyridine rings is 1. The van der Waals surface area contributed by atoms with Gasteiger partial charge >= 0.3 is 0 Å². The van der Waals surface area contributed by atoms with Crippen LogP contribution < -0.4 is 21.5 Å². The highest BCUT2D eigenvalue weighted by atomic mass is 16.3. The summed E-state index contributed by atoms with van der Waals surface area (Å²) < 4.78 is 1.37. The van der Waals surface area contributed by atoms with Gasteiger partial charge in [0.15, 0.2) is 5.66 Å². The third kappa shape index (κ3) is 3.02. The Labute approximate surface area is 194 Å². The van der Waals surface area contributed by atoms with Crippen LogP contribution in [0.15, 0.2) is 47.5 Å². The number of anilines is 3. The van der Waals surface area contributed by atoms with Crippen molar-refractivity contribution in [3.8, 4) is 0 Å². The molecule has 3 aliphatic rings. The van der Waals surface area contributed by atoms with Crippen molar-refractivity contribution in [1.29, 1.82) is 0 Å². The average Bonchev–Trinajstić information content (AvgIpc) is 3.57. The van der Waals surface area contributed by atoms with Crippen LogP contribution in [-0.4, -0.2) is 31.5 Å². The number of aryl methyl sites for hydroxylation is 1. The van der Waals surface area contributed by atoms with Crippen LogP contribution in [0.2, 0.25) is 0 Å². The van der Waals surface area contributed by atoms with Gasteiger partial charge in [-0.15, -0.1) is 0 Å². The Balaban J connectivity index is 1.39. The van der Waals surface area contributed by atoms with E-state index in [9.17, 15) is 19.5 Å². The number of fused-ring (bicyclic) bond motifs is 3. The summed E-state index contributed by atoms with van der Waals surface area (Å²) in [7, 11) is 0. The second kappa shape index (κ2) is 7.22. The molecule has 1 aromatic carbocycles. The molecular weight excluding hydrogens is 436 g/mol. The Morgan fingerprint density at radius 3 is 2.71 bits per heavy atom. The molecule has 172 valence electrons. The lowest BCUT2D eigenvalue weighted by molar-refractivity contribution is -0.117. The van der Waals surface area contributed by atoms with E-state index in [1.54, 1.807) is 25.1 Å². The third-order valence-corrected chi connectivity index (χ3v) is 6.73. The molecule has 3 heterocycles. The summed E-state index contributed by atoms with van der Waals surface area (Å²) in [6.07, 6.45) is 2.25. The number of carbonyl (C=O) groups is 2. The van der Waals surface area contributed by atoms with Crippen molar-refractivity contribution in [1.82, 2.24) is 19.9 Å². The van der Waals surface area contributed by atoms with E-state index >= 15 is 0 Å². The first-order chi connectivity index (χ1) is 16.4. The monoisotopic (exact) mass is 458 g/mol. The predicted octanol–water partition coefficient (Wildman–Crippen LogP) is 1.72. The second-order valence-corrected chi connectivity index (χ2v) is 9.06. The Hall–Kier alpha value is -4.05. The van der Waals surface area contributed by atoms with Gasteiger partial charge in [-0.2, -0.15) is 0 Å². The van der Waals surface area contributed by atoms with E-state index in [0.717, 1.165) is 18.4 Å². The molecule has 6 rings (SSSR count). The van der Waals surface area contributed by atoms with Gasteiger partial charge < -0.3 is 21.1 Å². The molecule has 1 spiro atoms. The molecule has 2 amide bonds. The number of aliphatic hydroxyl groups is 1. The highest BCUT2D eigenvalue weighted by Gasteiger charge is 2.54. The van der Waals surface area contributed by atoms with Gasteiger partial charge in [0.25, 0.3) is 11.5 Å². The van der Waals surface area contributed by atoms with Crippen LogP contribution >= 0.6 is 0 Å². The lowest BCUT2D eigenvalue weighted by Gasteiger charge is -2.31. The normalized spacial score (nSPS) is 22.3. The molecule has 34 heavy (non-hydrogen) atoms. The number of hydrogen-bond donors (Lipinski definition) is 4. The Morgan fingerprint density at radius 1 is 1.18 bits per heavy atom. The van der Waals surface area contributed by atoms with Gasteiger partial charge in [-0.25, -0.2) is 9.97 Å². The molecule has 0 radical (unpaired) electrons. The van der Waals surface area contributed by atoms with Gasteiger partial charge in [0.2, 0.25) is 5.91 Å². The molecular formula is C24H22N6O4. The predicted molar refractivity (Wildman–Crippen MR) is 123 cm³/mol. The summed E-state index contributed by atoms with van der Waals surface area (Å²) >= 11 is 0. The van der Waals surface area contributed by atoms with Gasteiger partial charge in [0.05, 0.1) is 0 Å². The second-order valence-electron chi connectivity index (χ2n) is 9.06. The van der Waals surface area contributed by atoms with E-state index in [-0.39, 0.29) is 29.6 Å². The Morgan fingerprint density at radius 2 is 1.94 bits per heavy atom. The van der Waals surface area contributed by atoms with Crippen molar-refractivity contribution in [2.24, 2.45) is 5.92 Å². The SMILES string of the molecule is Cc1cc(Nc2cc(NC(=O)C3CC3)ncn2)c(=O)n2c1C(=O)NC21Cc2ccccc2[C@@H]1O. The van der Waals surface area contributed by atoms with Crippen molar-refractivity contribution in [3.05, 3.63) is 75.5 Å². The van der Waals surface area contributed by atoms with E-state index in [1.165, 1.54) is 10.9 Å². The number of nitrogens with one attached hydrogen (secondary N) is 3. The molecule has 10 heteroatoms. The lowest BCUT2D eigenvalue weighted by atomic mass is 10.0. The van der Waals surface area contributed by atoms with Crippen molar-refractivity contribution >= 4 is 29.1 Å². The number of benzene rings is 1. The van der Waals surface area contributed by atoms with Crippen molar-refractivity contribution in [2.45, 2.75) is 38.0 Å². The number of nitrogens with zero attached hydrogens (tertiary/aromatic N) is 3. The molecule has 1 aliphatic heterocycles. The number of rotatable bonds is 4. The number of hydrogen-bond acceptors (Lipinski definition) is 7. The molecule has 2 aromatic heterocycles. The zero-order valence-corrected chi connectivity index (χ0v) is 18.3. The zero-order valence-electron chi connectivity index (χ0n) is 18.3. The topological polar surface area (TPSA) is 138 Å². The van der Waals surface area contributed by atoms with Crippen LogP contribution in [-0.2, 0) is 16.9 Å². The van der Waals surface area contributed by atoms with Gasteiger partial charge in [0.1, 0.15) is 35.4 Å². The molecule has 2 atom stereocenters. The molecule has 2 aliphatic carbocycles. The number of amides is 2. The minimum atomic E-state index is -1.30. The van der Waals surface area contributed by atoms with E-state index in [1.807, 2.05) is 18.2 Å². The maximum atomic E-state index is 13.7. The van der Waals surface area contributed by atoms with Crippen LogP contribution in [0.4, 0.5) is 17.3 Å². The minimum absolute atomic E-state index is 0.0265. The fourth-order valence-electron chi connectivity index (χ4n) is 4.93. The minimum Gasteiger partial charge on any atom is -0.384 e. The first-order valence-electron chi connectivity index (χ1n) is 11.1. The molecule has 4 N–H and O–H groups in total. The third-order valence-electron chi connectivity index (χ3n) is 6.73. The van der Waals surface area contributed by atoms with Gasteiger partial charge in [-0.3, -0.25) is 19.0 Å². The molecule has 10 nitrogen and oxygen atoms in total. The molecule has 0 saturated heterocycles. The first-order valence-corrected chi connectivity index (χ1v) is 11.1. The summed E-state index contributed by atoms with van der Waals surface area (Å²) in [4.78, 5) is 46.9. The Bertz CT molecular complexity index is 1430. The number of aromatic nitrogens is 3. The van der Waals surface area contributed by atoms with Crippen LogP contribution in [0.3, 0.4) is 0 Å². The Kier molecular flexibility index (Phi) is 4.37. The maximum absolute atomic E-state index is 13.7. The van der Waals surface area contributed by atoms with E-state index in [4.69, 9.17) is 0 Å². The fourth-order valence-corrected chi connectivity index (χ4v) is 4.93. The van der Waals surface area contributed by atoms with Crippen molar-refractivity contribution < 1.29 is 14.7 Å². The van der Waals surface area contributed by atoms with Crippen LogP contribution in [0.1, 0.15) is 46.1 Å². The quantitative estimate of drug-likeness (QED) is 0.467. The smallest absolute Gasteiger partial charge is 0.276 e. The average molecular weight is 458 g/mol. The van der Waals surface area contributed by atoms with Gasteiger partial charge in [-0.05, 0) is 42.5 Å². The first kappa shape index (κ1) is 20.5. The van der Waals surface area contributed by atoms with E-state index < -0.39 is 23.2 Å². The van der Waals surface area contributed by atoms with Crippen molar-refractivity contribution in [2.75, 3.05) is 10.6 Å². The summed E-state index contributed by atoms with van der Waals surface area (Å²) in [5.74, 6) is 0.195. The lowest BCUT2D eigenvalue weighted by Crippen LogP contribution is -2.50. The molecule has 0 bridgehead atoms. The van der Waals surface area contributed by atoms with Gasteiger partial charge in [-0.1, -0.05) is 24.3 Å². The summed E-state index contributed by atoms with van der Waals surface area (Å²) in [5, 5.41) is 19.9. The van der Waals surface area contributed by atoms with Crippen molar-refractivity contribution in [3.63, 3.8) is 0 Å². The van der Waals surface area contributed by atoms with Gasteiger partial charge in [0, 0.05) is 18.4 Å². The highest BCUT2D eigenvalue weighted by Crippen LogP contribution is 2.45. The van der Waals surface area contributed by atoms with E-state index in [0.29, 0.717) is 22.8 Å². The summed E-state index contributed by atoms with van der Waals surface area (Å²) in [5.41, 5.74) is 0.790.